The molecule has 0 bridgehead atoms. The number of carbonyl (C=O) groups excluding carboxylic acids is 2. The number of ether oxygens (including phenoxy) is 1. The van der Waals surface area contributed by atoms with Gasteiger partial charge in [-0.25, -0.2) is 0 Å². The van der Waals surface area contributed by atoms with Gasteiger partial charge in [0.25, 0.3) is 5.91 Å². The predicted octanol–water partition coefficient (Wildman–Crippen LogP) is 0.382. The van der Waals surface area contributed by atoms with Crippen LogP contribution in [0.1, 0.15) is 18.7 Å². The van der Waals surface area contributed by atoms with Gasteiger partial charge in [-0.1, -0.05) is 0 Å². The maximum atomic E-state index is 11.0. The summed E-state index contributed by atoms with van der Waals surface area (Å²) in [5, 5.41) is 2.59. The van der Waals surface area contributed by atoms with Crippen molar-refractivity contribution in [3.8, 4) is 0 Å². The highest BCUT2D eigenvalue weighted by Crippen LogP contribution is 2.27. The van der Waals surface area contributed by atoms with Gasteiger partial charge in [-0.3, -0.25) is 9.59 Å². The summed E-state index contributed by atoms with van der Waals surface area (Å²) >= 11 is 0. The first kappa shape index (κ1) is 8.80. The van der Waals surface area contributed by atoms with Crippen molar-refractivity contribution in [2.45, 2.75) is 19.1 Å². The van der Waals surface area contributed by atoms with Gasteiger partial charge in [0.2, 0.25) is 6.10 Å². The number of β-lactam (4-membered cyclic amide) rings is 1. The number of hydrogen-bond donors (Lipinski definition) is 1. The van der Waals surface area contributed by atoms with Gasteiger partial charge >= 0.3 is 5.97 Å². The monoisotopic (exact) mass is 195 g/mol. The summed E-state index contributed by atoms with van der Waals surface area (Å²) < 4.78 is 9.92. The Bertz CT molecular complexity index is 357. The lowest BCUT2D eigenvalue weighted by molar-refractivity contribution is -0.165. The maximum absolute atomic E-state index is 11.0. The fraction of sp³-hybridized carbons (Fsp3) is 0.333. The minimum atomic E-state index is -0.751. The molecule has 1 aromatic heterocycles. The number of carbonyl (C=O) groups is 2. The average molecular weight is 195 g/mol. The molecule has 1 amide bonds. The highest BCUT2D eigenvalue weighted by molar-refractivity contribution is 5.90. The smallest absolute Gasteiger partial charge is 0.303 e. The second kappa shape index (κ2) is 3.17. The first-order valence-electron chi connectivity index (χ1n) is 4.19. The van der Waals surface area contributed by atoms with Crippen molar-refractivity contribution in [2.75, 3.05) is 0 Å². The second-order valence-corrected chi connectivity index (χ2v) is 3.03. The van der Waals surface area contributed by atoms with Crippen LogP contribution in [0.25, 0.3) is 0 Å². The number of furan rings is 1. The molecule has 0 radical (unpaired) electrons. The van der Waals surface area contributed by atoms with Crippen LogP contribution in [0.15, 0.2) is 22.8 Å². The molecule has 1 aliphatic rings. The number of rotatable bonds is 2. The van der Waals surface area contributed by atoms with Crippen LogP contribution in [-0.2, 0) is 14.3 Å². The molecular weight excluding hydrogens is 186 g/mol. The van der Waals surface area contributed by atoms with E-state index in [4.69, 9.17) is 9.15 Å². The normalized spacial score (nSPS) is 25.1. The summed E-state index contributed by atoms with van der Waals surface area (Å²) in [6.07, 6.45) is 0.753. The fourth-order valence-corrected chi connectivity index (χ4v) is 1.36. The SMILES string of the molecule is CC(=O)O[C@@H]1C(=O)N[C@@H]1c1ccco1. The van der Waals surface area contributed by atoms with Crippen LogP contribution in [-0.4, -0.2) is 18.0 Å². The zero-order valence-corrected chi connectivity index (χ0v) is 7.52. The van der Waals surface area contributed by atoms with Gasteiger partial charge in [-0.05, 0) is 12.1 Å². The predicted molar refractivity (Wildman–Crippen MR) is 45.1 cm³/mol. The van der Waals surface area contributed by atoms with Crippen molar-refractivity contribution in [3.05, 3.63) is 24.2 Å². The van der Waals surface area contributed by atoms with Gasteiger partial charge < -0.3 is 14.5 Å². The Balaban J connectivity index is 2.08. The first-order chi connectivity index (χ1) is 6.68. The molecule has 0 unspecified atom stereocenters. The van der Waals surface area contributed by atoms with E-state index in [1.807, 2.05) is 0 Å². The van der Waals surface area contributed by atoms with Gasteiger partial charge in [-0.15, -0.1) is 0 Å². The molecule has 1 aliphatic heterocycles. The largest absolute Gasteiger partial charge is 0.467 e. The number of esters is 1. The van der Waals surface area contributed by atoms with Crippen molar-refractivity contribution in [1.29, 1.82) is 0 Å². The molecule has 2 rings (SSSR count). The molecule has 0 aromatic carbocycles. The summed E-state index contributed by atoms with van der Waals surface area (Å²) in [7, 11) is 0. The van der Waals surface area contributed by atoms with Crippen LogP contribution in [0.2, 0.25) is 0 Å². The standard InChI is InChI=1S/C9H9NO4/c1-5(11)14-8-7(10-9(8)12)6-3-2-4-13-6/h2-4,7-8H,1H3,(H,10,12)/t7-,8+/m1/s1. The Hall–Kier alpha value is -1.78. The molecule has 0 aliphatic carbocycles. The number of hydrogen-bond acceptors (Lipinski definition) is 4. The topological polar surface area (TPSA) is 68.5 Å². The zero-order valence-electron chi connectivity index (χ0n) is 7.52. The molecule has 1 aromatic rings. The molecule has 5 nitrogen and oxygen atoms in total. The highest BCUT2D eigenvalue weighted by atomic mass is 16.6. The van der Waals surface area contributed by atoms with E-state index in [2.05, 4.69) is 5.32 Å². The van der Waals surface area contributed by atoms with Crippen molar-refractivity contribution in [2.24, 2.45) is 0 Å². The van der Waals surface area contributed by atoms with Crippen molar-refractivity contribution in [3.63, 3.8) is 0 Å². The molecular formula is C9H9NO4. The Kier molecular flexibility index (Phi) is 1.99. The summed E-state index contributed by atoms with van der Waals surface area (Å²) in [6.45, 7) is 1.27. The van der Waals surface area contributed by atoms with Gasteiger partial charge in [0.15, 0.2) is 0 Å². The summed E-state index contributed by atoms with van der Waals surface area (Å²) in [4.78, 5) is 21.7. The van der Waals surface area contributed by atoms with E-state index in [1.165, 1.54) is 13.2 Å². The molecule has 14 heavy (non-hydrogen) atoms. The summed E-state index contributed by atoms with van der Waals surface area (Å²) in [5.41, 5.74) is 0. The molecule has 0 saturated carbocycles. The van der Waals surface area contributed by atoms with Crippen molar-refractivity contribution in [1.82, 2.24) is 5.32 Å². The third kappa shape index (κ3) is 1.37. The molecule has 1 saturated heterocycles. The number of amides is 1. The van der Waals surface area contributed by atoms with E-state index < -0.39 is 12.1 Å². The fourth-order valence-electron chi connectivity index (χ4n) is 1.36. The van der Waals surface area contributed by atoms with Gasteiger partial charge in [0.1, 0.15) is 11.8 Å². The maximum Gasteiger partial charge on any atom is 0.303 e. The van der Waals surface area contributed by atoms with E-state index in [0.717, 1.165) is 0 Å². The van der Waals surface area contributed by atoms with Gasteiger partial charge in [0, 0.05) is 6.92 Å². The van der Waals surface area contributed by atoms with E-state index >= 15 is 0 Å². The molecule has 74 valence electrons. The quantitative estimate of drug-likeness (QED) is 0.547. The minimum absolute atomic E-state index is 0.290. The lowest BCUT2D eigenvalue weighted by Gasteiger charge is -2.33. The number of nitrogens with one attached hydrogen (secondary N) is 1. The minimum Gasteiger partial charge on any atom is -0.467 e. The van der Waals surface area contributed by atoms with E-state index in [9.17, 15) is 9.59 Å². The Labute approximate surface area is 80.0 Å². The summed E-state index contributed by atoms with van der Waals surface area (Å²) in [6, 6.07) is 3.09. The van der Waals surface area contributed by atoms with E-state index in [0.29, 0.717) is 5.76 Å². The third-order valence-corrected chi connectivity index (χ3v) is 2.00. The Morgan fingerprint density at radius 2 is 2.43 bits per heavy atom. The molecule has 2 atom stereocenters. The van der Waals surface area contributed by atoms with Crippen LogP contribution >= 0.6 is 0 Å². The molecule has 0 spiro atoms. The van der Waals surface area contributed by atoms with E-state index in [1.54, 1.807) is 12.1 Å². The van der Waals surface area contributed by atoms with Crippen molar-refractivity contribution >= 4 is 11.9 Å². The third-order valence-electron chi connectivity index (χ3n) is 2.00. The van der Waals surface area contributed by atoms with Crippen LogP contribution in [0.5, 0.6) is 0 Å². The highest BCUT2D eigenvalue weighted by Gasteiger charge is 2.44. The van der Waals surface area contributed by atoms with Crippen LogP contribution < -0.4 is 5.32 Å². The van der Waals surface area contributed by atoms with Gasteiger partial charge in [0.05, 0.1) is 6.26 Å². The van der Waals surface area contributed by atoms with Gasteiger partial charge in [-0.2, -0.15) is 0 Å². The Morgan fingerprint density at radius 3 is 2.93 bits per heavy atom. The molecule has 2 heterocycles. The zero-order chi connectivity index (χ0) is 10.1. The van der Waals surface area contributed by atoms with Crippen LogP contribution in [0, 0.1) is 0 Å². The van der Waals surface area contributed by atoms with Crippen LogP contribution in [0.4, 0.5) is 0 Å². The van der Waals surface area contributed by atoms with E-state index in [-0.39, 0.29) is 11.9 Å². The molecule has 1 fully saturated rings. The molecule has 1 N–H and O–H groups in total. The summed E-state index contributed by atoms with van der Waals surface area (Å²) in [5.74, 6) is -0.168. The van der Waals surface area contributed by atoms with Crippen molar-refractivity contribution < 1.29 is 18.7 Å². The second-order valence-electron chi connectivity index (χ2n) is 3.03. The van der Waals surface area contributed by atoms with Crippen LogP contribution in [0.3, 0.4) is 0 Å². The average Bonchev–Trinajstić information content (AvgIpc) is 2.62. The lowest BCUT2D eigenvalue weighted by atomic mass is 10.00. The lowest BCUT2D eigenvalue weighted by Crippen LogP contribution is -2.57. The molecule has 5 heteroatoms. The first-order valence-corrected chi connectivity index (χ1v) is 4.19. The Morgan fingerprint density at radius 1 is 1.64 bits per heavy atom.